The molecule has 2 aliphatic heterocycles. The summed E-state index contributed by atoms with van der Waals surface area (Å²) in [7, 11) is 0. The SMILES string of the molecule is Cc1c[nH]c2c(NC(=N[C@H]3CCCCN(CC(=O)N4CCCC4)C3=O)NC#N)cccc12. The number of likely N-dealkylation sites (tertiary alicyclic amines) is 2. The predicted octanol–water partition coefficient (Wildman–Crippen LogP) is 2.32. The van der Waals surface area contributed by atoms with Gasteiger partial charge in [0.2, 0.25) is 17.8 Å². The van der Waals surface area contributed by atoms with E-state index in [9.17, 15) is 14.9 Å². The molecule has 0 unspecified atom stereocenters. The molecule has 2 aromatic rings. The lowest BCUT2D eigenvalue weighted by Crippen LogP contribution is -2.45. The second-order valence-electron chi connectivity index (χ2n) is 8.40. The Bertz CT molecular complexity index is 1060. The summed E-state index contributed by atoms with van der Waals surface area (Å²) in [6, 6.07) is 5.20. The van der Waals surface area contributed by atoms with Crippen molar-refractivity contribution in [3.05, 3.63) is 30.0 Å². The van der Waals surface area contributed by atoms with Crippen LogP contribution in [0.1, 0.15) is 37.7 Å². The van der Waals surface area contributed by atoms with Crippen molar-refractivity contribution in [1.82, 2.24) is 20.1 Å². The normalized spacial score (nSPS) is 19.7. The molecule has 1 aromatic carbocycles. The van der Waals surface area contributed by atoms with E-state index in [1.807, 2.05) is 42.4 Å². The molecule has 0 radical (unpaired) electrons. The Morgan fingerprint density at radius 3 is 2.81 bits per heavy atom. The van der Waals surface area contributed by atoms with Crippen LogP contribution in [0.4, 0.5) is 5.69 Å². The standard InChI is InChI=1S/C23H29N7O2/c1-16-13-25-21-17(16)7-6-9-18(21)27-23(26-15-24)28-19-8-2-3-12-30(22(19)32)14-20(31)29-10-4-5-11-29/h6-7,9,13,19,25H,2-5,8,10-12,14H2,1H3,(H2,26,27,28)/t19-/m0/s1. The molecule has 0 saturated carbocycles. The summed E-state index contributed by atoms with van der Waals surface area (Å²) < 4.78 is 0. The fourth-order valence-corrected chi connectivity index (χ4v) is 4.42. The van der Waals surface area contributed by atoms with Gasteiger partial charge in [-0.2, -0.15) is 5.26 Å². The third-order valence-electron chi connectivity index (χ3n) is 6.17. The monoisotopic (exact) mass is 435 g/mol. The highest BCUT2D eigenvalue weighted by atomic mass is 16.2. The molecule has 2 amide bonds. The minimum atomic E-state index is -0.642. The van der Waals surface area contributed by atoms with Gasteiger partial charge in [0.1, 0.15) is 6.04 Å². The molecule has 0 bridgehead atoms. The fraction of sp³-hybridized carbons (Fsp3) is 0.478. The van der Waals surface area contributed by atoms with Gasteiger partial charge in [0.25, 0.3) is 0 Å². The maximum atomic E-state index is 13.2. The van der Waals surface area contributed by atoms with Gasteiger partial charge >= 0.3 is 0 Å². The zero-order valence-corrected chi connectivity index (χ0v) is 18.4. The van der Waals surface area contributed by atoms with Crippen LogP contribution in [0.25, 0.3) is 10.9 Å². The van der Waals surface area contributed by atoms with E-state index in [-0.39, 0.29) is 24.3 Å². The van der Waals surface area contributed by atoms with Crippen molar-refractivity contribution in [3.8, 4) is 6.19 Å². The highest BCUT2D eigenvalue weighted by molar-refractivity contribution is 6.04. The van der Waals surface area contributed by atoms with Crippen molar-refractivity contribution in [2.75, 3.05) is 31.5 Å². The number of nitrogens with one attached hydrogen (secondary N) is 3. The Balaban J connectivity index is 1.53. The molecule has 4 rings (SSSR count). The summed E-state index contributed by atoms with van der Waals surface area (Å²) in [5, 5.41) is 16.1. The number of para-hydroxylation sites is 1. The van der Waals surface area contributed by atoms with Gasteiger partial charge in [-0.3, -0.25) is 14.9 Å². The number of hydrogen-bond donors (Lipinski definition) is 3. The lowest BCUT2D eigenvalue weighted by Gasteiger charge is -2.25. The Labute approximate surface area is 187 Å². The van der Waals surface area contributed by atoms with Crippen molar-refractivity contribution in [2.24, 2.45) is 4.99 Å². The first-order valence-corrected chi connectivity index (χ1v) is 11.2. The summed E-state index contributed by atoms with van der Waals surface area (Å²) in [5.74, 6) is 0.0594. The Morgan fingerprint density at radius 1 is 1.25 bits per heavy atom. The number of aliphatic imine (C=N–C) groups is 1. The smallest absolute Gasteiger partial charge is 0.247 e. The zero-order chi connectivity index (χ0) is 22.5. The van der Waals surface area contributed by atoms with Crippen molar-refractivity contribution in [1.29, 1.82) is 5.26 Å². The van der Waals surface area contributed by atoms with Crippen LogP contribution in [-0.4, -0.2) is 64.8 Å². The van der Waals surface area contributed by atoms with E-state index >= 15 is 0 Å². The summed E-state index contributed by atoms with van der Waals surface area (Å²) in [5.41, 5.74) is 2.79. The van der Waals surface area contributed by atoms with Crippen LogP contribution in [0, 0.1) is 18.4 Å². The van der Waals surface area contributed by atoms with Crippen LogP contribution in [0.3, 0.4) is 0 Å². The van der Waals surface area contributed by atoms with Gasteiger partial charge in [0.15, 0.2) is 6.19 Å². The fourth-order valence-electron chi connectivity index (χ4n) is 4.42. The molecule has 32 heavy (non-hydrogen) atoms. The number of carbonyl (C=O) groups excluding carboxylic acids is 2. The average molecular weight is 436 g/mol. The van der Waals surface area contributed by atoms with E-state index in [0.717, 1.165) is 60.9 Å². The van der Waals surface area contributed by atoms with Crippen molar-refractivity contribution >= 4 is 34.4 Å². The van der Waals surface area contributed by atoms with E-state index in [4.69, 9.17) is 0 Å². The van der Waals surface area contributed by atoms with Crippen LogP contribution in [0.15, 0.2) is 29.4 Å². The molecule has 3 N–H and O–H groups in total. The number of aryl methyl sites for hydroxylation is 1. The highest BCUT2D eigenvalue weighted by Gasteiger charge is 2.30. The van der Waals surface area contributed by atoms with Crippen LogP contribution < -0.4 is 10.6 Å². The summed E-state index contributed by atoms with van der Waals surface area (Å²) >= 11 is 0. The number of anilines is 1. The topological polar surface area (TPSA) is 117 Å². The Morgan fingerprint density at radius 2 is 2.03 bits per heavy atom. The summed E-state index contributed by atoms with van der Waals surface area (Å²) in [6.45, 7) is 4.21. The third-order valence-corrected chi connectivity index (χ3v) is 6.17. The number of amides is 2. The molecular formula is C23H29N7O2. The van der Waals surface area contributed by atoms with Gasteiger partial charge in [0.05, 0.1) is 17.7 Å². The number of fused-ring (bicyclic) bond motifs is 1. The molecule has 2 fully saturated rings. The van der Waals surface area contributed by atoms with Gasteiger partial charge < -0.3 is 20.1 Å². The molecule has 0 aliphatic carbocycles. The van der Waals surface area contributed by atoms with E-state index in [1.165, 1.54) is 0 Å². The minimum Gasteiger partial charge on any atom is -0.359 e. The van der Waals surface area contributed by atoms with Gasteiger partial charge in [0, 0.05) is 31.2 Å². The number of benzene rings is 1. The summed E-state index contributed by atoms with van der Waals surface area (Å²) in [4.78, 5) is 37.1. The number of nitriles is 1. The van der Waals surface area contributed by atoms with Gasteiger partial charge in [-0.25, -0.2) is 4.99 Å². The second-order valence-corrected chi connectivity index (χ2v) is 8.40. The van der Waals surface area contributed by atoms with Crippen molar-refractivity contribution < 1.29 is 9.59 Å². The molecule has 3 heterocycles. The number of rotatable bonds is 4. The number of aromatic amines is 1. The minimum absolute atomic E-state index is 0.00257. The Kier molecular flexibility index (Phi) is 6.59. The molecule has 9 heteroatoms. The van der Waals surface area contributed by atoms with Crippen molar-refractivity contribution in [2.45, 2.75) is 45.1 Å². The molecule has 1 atom stereocenters. The van der Waals surface area contributed by atoms with Crippen molar-refractivity contribution in [3.63, 3.8) is 0 Å². The van der Waals surface area contributed by atoms with Crippen LogP contribution in [-0.2, 0) is 9.59 Å². The quantitative estimate of drug-likeness (QED) is 0.295. The predicted molar refractivity (Wildman–Crippen MR) is 123 cm³/mol. The second kappa shape index (κ2) is 9.73. The first kappa shape index (κ1) is 21.7. The van der Waals surface area contributed by atoms with E-state index in [1.54, 1.807) is 4.90 Å². The van der Waals surface area contributed by atoms with E-state index in [0.29, 0.717) is 13.0 Å². The summed E-state index contributed by atoms with van der Waals surface area (Å²) in [6.07, 6.45) is 8.12. The molecular weight excluding hydrogens is 406 g/mol. The Hall–Kier alpha value is -3.54. The molecule has 168 valence electrons. The van der Waals surface area contributed by atoms with Gasteiger partial charge in [-0.05, 0) is 50.7 Å². The number of guanidine groups is 1. The maximum Gasteiger partial charge on any atom is 0.247 e. The highest BCUT2D eigenvalue weighted by Crippen LogP contribution is 2.25. The molecule has 2 saturated heterocycles. The molecule has 0 spiro atoms. The third kappa shape index (κ3) is 4.69. The number of nitrogens with zero attached hydrogens (tertiary/aromatic N) is 4. The number of hydrogen-bond acceptors (Lipinski definition) is 4. The first-order chi connectivity index (χ1) is 15.6. The average Bonchev–Trinajstić information content (AvgIpc) is 3.42. The van der Waals surface area contributed by atoms with Crippen LogP contribution in [0.2, 0.25) is 0 Å². The zero-order valence-electron chi connectivity index (χ0n) is 18.4. The van der Waals surface area contributed by atoms with E-state index < -0.39 is 6.04 Å². The van der Waals surface area contributed by atoms with Crippen LogP contribution >= 0.6 is 0 Å². The lowest BCUT2D eigenvalue weighted by atomic mass is 10.1. The number of aromatic nitrogens is 1. The lowest BCUT2D eigenvalue weighted by molar-refractivity contribution is -0.140. The first-order valence-electron chi connectivity index (χ1n) is 11.2. The van der Waals surface area contributed by atoms with Gasteiger partial charge in [-0.1, -0.05) is 12.1 Å². The maximum absolute atomic E-state index is 13.2. The largest absolute Gasteiger partial charge is 0.359 e. The van der Waals surface area contributed by atoms with Crippen LogP contribution in [0.5, 0.6) is 0 Å². The molecule has 9 nitrogen and oxygen atoms in total. The van der Waals surface area contributed by atoms with Gasteiger partial charge in [-0.15, -0.1) is 0 Å². The number of H-pyrrole nitrogens is 1. The molecule has 2 aliphatic rings. The molecule has 1 aromatic heterocycles. The van der Waals surface area contributed by atoms with E-state index in [2.05, 4.69) is 20.6 Å². The number of carbonyl (C=O) groups is 2.